The number of aromatic nitrogens is 2. The van der Waals surface area contributed by atoms with Crippen molar-refractivity contribution in [1.29, 1.82) is 0 Å². The van der Waals surface area contributed by atoms with Gasteiger partial charge < -0.3 is 4.57 Å². The number of hydrogen-bond acceptors (Lipinski definition) is 1. The van der Waals surface area contributed by atoms with Crippen LogP contribution in [0.15, 0.2) is 24.5 Å². The summed E-state index contributed by atoms with van der Waals surface area (Å²) in [5.41, 5.74) is 2.59. The third-order valence-corrected chi connectivity index (χ3v) is 2.73. The van der Waals surface area contributed by atoms with Crippen molar-refractivity contribution in [1.82, 2.24) is 9.55 Å². The van der Waals surface area contributed by atoms with Gasteiger partial charge in [-0.05, 0) is 39.3 Å². The molecule has 0 fully saturated rings. The van der Waals surface area contributed by atoms with Gasteiger partial charge in [-0.25, -0.2) is 0 Å². The number of fused-ring (bicyclic) bond motifs is 1. The van der Waals surface area contributed by atoms with E-state index >= 15 is 0 Å². The molecule has 2 aromatic rings. The van der Waals surface area contributed by atoms with Crippen molar-refractivity contribution in [2.75, 3.05) is 0 Å². The monoisotopic (exact) mass is 202 g/mol. The van der Waals surface area contributed by atoms with Gasteiger partial charge >= 0.3 is 0 Å². The van der Waals surface area contributed by atoms with Crippen molar-refractivity contribution < 1.29 is 0 Å². The Bertz CT molecular complexity index is 475. The molecule has 2 rings (SSSR count). The van der Waals surface area contributed by atoms with Crippen molar-refractivity contribution in [3.63, 3.8) is 0 Å². The first kappa shape index (κ1) is 10.2. The first-order valence-electron chi connectivity index (χ1n) is 5.49. The van der Waals surface area contributed by atoms with Crippen molar-refractivity contribution in [3.05, 3.63) is 30.2 Å². The predicted octanol–water partition coefficient (Wildman–Crippen LogP) is 3.35. The molecular formula is C13H18N2. The maximum Gasteiger partial charge on any atom is 0.0704 e. The summed E-state index contributed by atoms with van der Waals surface area (Å²) in [7, 11) is 0. The Hall–Kier alpha value is -1.31. The molecule has 0 aliphatic carbocycles. The Morgan fingerprint density at radius 2 is 2.00 bits per heavy atom. The van der Waals surface area contributed by atoms with Gasteiger partial charge in [-0.3, -0.25) is 4.98 Å². The first-order valence-corrected chi connectivity index (χ1v) is 5.49. The molecule has 0 radical (unpaired) electrons. The molecule has 0 spiro atoms. The Kier molecular flexibility index (Phi) is 2.29. The zero-order valence-corrected chi connectivity index (χ0v) is 9.91. The fourth-order valence-electron chi connectivity index (χ4n) is 1.97. The minimum atomic E-state index is 0.120. The minimum absolute atomic E-state index is 0.120. The van der Waals surface area contributed by atoms with Gasteiger partial charge in [0.1, 0.15) is 0 Å². The van der Waals surface area contributed by atoms with E-state index in [2.05, 4.69) is 55.6 Å². The number of hydrogen-bond donors (Lipinski definition) is 0. The van der Waals surface area contributed by atoms with Crippen molar-refractivity contribution in [2.24, 2.45) is 0 Å². The molecule has 2 nitrogen and oxygen atoms in total. The average molecular weight is 202 g/mol. The van der Waals surface area contributed by atoms with Gasteiger partial charge in [0.25, 0.3) is 0 Å². The zero-order chi connectivity index (χ0) is 11.1. The molecule has 2 aromatic heterocycles. The number of aryl methyl sites for hydroxylation is 1. The maximum atomic E-state index is 4.45. The van der Waals surface area contributed by atoms with Crippen LogP contribution in [-0.2, 0) is 12.0 Å². The summed E-state index contributed by atoms with van der Waals surface area (Å²) < 4.78 is 2.31. The normalized spacial score (nSPS) is 12.3. The van der Waals surface area contributed by atoms with Gasteiger partial charge in [-0.1, -0.05) is 6.92 Å². The van der Waals surface area contributed by atoms with Crippen LogP contribution in [0.2, 0.25) is 0 Å². The summed E-state index contributed by atoms with van der Waals surface area (Å²) in [5, 5.41) is 1.29. The lowest BCUT2D eigenvalue weighted by Gasteiger charge is -2.23. The highest BCUT2D eigenvalue weighted by atomic mass is 15.0. The Morgan fingerprint density at radius 3 is 2.60 bits per heavy atom. The van der Waals surface area contributed by atoms with E-state index in [9.17, 15) is 0 Å². The molecule has 0 aliphatic heterocycles. The van der Waals surface area contributed by atoms with Gasteiger partial charge in [0.2, 0.25) is 0 Å². The molecule has 0 amide bonds. The van der Waals surface area contributed by atoms with Gasteiger partial charge in [-0.15, -0.1) is 0 Å². The number of nitrogens with zero attached hydrogens (tertiary/aromatic N) is 2. The average Bonchev–Trinajstić information content (AvgIpc) is 2.59. The lowest BCUT2D eigenvalue weighted by atomic mass is 10.1. The second kappa shape index (κ2) is 3.37. The van der Waals surface area contributed by atoms with E-state index in [1.165, 1.54) is 16.6 Å². The minimum Gasteiger partial charge on any atom is -0.341 e. The summed E-state index contributed by atoms with van der Waals surface area (Å²) in [6.07, 6.45) is 5.04. The number of pyridine rings is 1. The van der Waals surface area contributed by atoms with Gasteiger partial charge in [0, 0.05) is 23.3 Å². The second-order valence-electron chi connectivity index (χ2n) is 4.91. The Balaban J connectivity index is 2.77. The highest BCUT2D eigenvalue weighted by Gasteiger charge is 2.16. The molecule has 0 saturated carbocycles. The quantitative estimate of drug-likeness (QED) is 0.693. The van der Waals surface area contributed by atoms with Crippen LogP contribution in [-0.4, -0.2) is 9.55 Å². The molecular weight excluding hydrogens is 184 g/mol. The van der Waals surface area contributed by atoms with E-state index < -0.39 is 0 Å². The van der Waals surface area contributed by atoms with Crippen LogP contribution in [0.25, 0.3) is 10.9 Å². The summed E-state index contributed by atoms with van der Waals surface area (Å²) in [6, 6.07) is 4.25. The molecule has 0 bridgehead atoms. The van der Waals surface area contributed by atoms with Crippen molar-refractivity contribution in [3.8, 4) is 0 Å². The third-order valence-electron chi connectivity index (χ3n) is 2.73. The van der Waals surface area contributed by atoms with E-state index in [4.69, 9.17) is 0 Å². The lowest BCUT2D eigenvalue weighted by molar-refractivity contribution is 0.410. The summed E-state index contributed by atoms with van der Waals surface area (Å²) >= 11 is 0. The van der Waals surface area contributed by atoms with E-state index in [1.807, 2.05) is 6.20 Å². The maximum absolute atomic E-state index is 4.45. The summed E-state index contributed by atoms with van der Waals surface area (Å²) in [4.78, 5) is 4.45. The Morgan fingerprint density at radius 1 is 1.27 bits per heavy atom. The van der Waals surface area contributed by atoms with E-state index in [0.717, 1.165) is 6.42 Å². The van der Waals surface area contributed by atoms with Crippen molar-refractivity contribution in [2.45, 2.75) is 39.7 Å². The van der Waals surface area contributed by atoms with Gasteiger partial charge in [-0.2, -0.15) is 0 Å². The number of rotatable bonds is 1. The molecule has 2 heteroatoms. The Labute approximate surface area is 90.9 Å². The topological polar surface area (TPSA) is 17.8 Å². The highest BCUT2D eigenvalue weighted by molar-refractivity contribution is 5.82. The van der Waals surface area contributed by atoms with E-state index in [-0.39, 0.29) is 5.54 Å². The van der Waals surface area contributed by atoms with Gasteiger partial charge in [0.05, 0.1) is 11.2 Å². The van der Waals surface area contributed by atoms with E-state index in [1.54, 1.807) is 0 Å². The van der Waals surface area contributed by atoms with E-state index in [0.29, 0.717) is 0 Å². The van der Waals surface area contributed by atoms with Crippen LogP contribution in [0, 0.1) is 0 Å². The molecule has 0 aromatic carbocycles. The highest BCUT2D eigenvalue weighted by Crippen LogP contribution is 2.25. The van der Waals surface area contributed by atoms with Crippen LogP contribution < -0.4 is 0 Å². The van der Waals surface area contributed by atoms with Crippen LogP contribution in [0.1, 0.15) is 33.4 Å². The van der Waals surface area contributed by atoms with Crippen LogP contribution in [0.5, 0.6) is 0 Å². The van der Waals surface area contributed by atoms with Crippen molar-refractivity contribution >= 4 is 10.9 Å². The molecule has 2 heterocycles. The zero-order valence-electron chi connectivity index (χ0n) is 9.91. The molecule has 0 unspecified atom stereocenters. The van der Waals surface area contributed by atoms with Crippen LogP contribution in [0.4, 0.5) is 0 Å². The molecule has 0 N–H and O–H groups in total. The predicted molar refractivity (Wildman–Crippen MR) is 64.1 cm³/mol. The third kappa shape index (κ3) is 1.65. The standard InChI is InChI=1S/C13H18N2/c1-5-11-12-10(6-8-14-11)7-9-15(12)13(2,3)4/h6-9H,5H2,1-4H3. The van der Waals surface area contributed by atoms with Crippen LogP contribution >= 0.6 is 0 Å². The van der Waals surface area contributed by atoms with Crippen LogP contribution in [0.3, 0.4) is 0 Å². The SMILES string of the molecule is CCc1nccc2ccn(C(C)(C)C)c12. The molecule has 0 atom stereocenters. The fraction of sp³-hybridized carbons (Fsp3) is 0.462. The second-order valence-corrected chi connectivity index (χ2v) is 4.91. The first-order chi connectivity index (χ1) is 7.04. The molecule has 15 heavy (non-hydrogen) atoms. The molecule has 0 saturated heterocycles. The summed E-state index contributed by atoms with van der Waals surface area (Å²) in [6.45, 7) is 8.82. The fourth-order valence-corrected chi connectivity index (χ4v) is 1.97. The lowest BCUT2D eigenvalue weighted by Crippen LogP contribution is -2.21. The van der Waals surface area contributed by atoms with Gasteiger partial charge in [0.15, 0.2) is 0 Å². The molecule has 0 aliphatic rings. The largest absolute Gasteiger partial charge is 0.341 e. The molecule has 80 valence electrons. The smallest absolute Gasteiger partial charge is 0.0704 e. The summed E-state index contributed by atoms with van der Waals surface area (Å²) in [5.74, 6) is 0.